The van der Waals surface area contributed by atoms with Crippen molar-refractivity contribution in [3.05, 3.63) is 59.4 Å². The summed E-state index contributed by atoms with van der Waals surface area (Å²) in [5.74, 6) is 0.0757. The summed E-state index contributed by atoms with van der Waals surface area (Å²) < 4.78 is 2.02. The zero-order chi connectivity index (χ0) is 19.1. The number of carbonyl (C=O) groups is 1. The van der Waals surface area contributed by atoms with Gasteiger partial charge in [0.15, 0.2) is 0 Å². The largest absolute Gasteiger partial charge is 0.351 e. The Kier molecular flexibility index (Phi) is 4.37. The van der Waals surface area contributed by atoms with E-state index < -0.39 is 0 Å². The minimum absolute atomic E-state index is 0.0757. The summed E-state index contributed by atoms with van der Waals surface area (Å²) in [6, 6.07) is 13.8. The number of fused-ring (bicyclic) bond motifs is 1. The Balaban J connectivity index is 1.28. The van der Waals surface area contributed by atoms with Crippen molar-refractivity contribution < 1.29 is 4.79 Å². The van der Waals surface area contributed by atoms with Gasteiger partial charge in [-0.15, -0.1) is 0 Å². The highest BCUT2D eigenvalue weighted by molar-refractivity contribution is 6.31. The highest BCUT2D eigenvalue weighted by atomic mass is 35.5. The number of carbonyl (C=O) groups excluding carboxylic acids is 1. The maximum Gasteiger partial charge on any atom is 0.237 e. The molecular formula is C22H23ClN4O. The van der Waals surface area contributed by atoms with Crippen molar-refractivity contribution in [2.24, 2.45) is 5.41 Å². The minimum Gasteiger partial charge on any atom is -0.351 e. The molecule has 1 unspecified atom stereocenters. The number of hydrogen-bond donors (Lipinski definition) is 2. The van der Waals surface area contributed by atoms with Crippen LogP contribution in [0.2, 0.25) is 5.02 Å². The van der Waals surface area contributed by atoms with Gasteiger partial charge in [-0.2, -0.15) is 0 Å². The molecule has 3 aromatic rings. The smallest absolute Gasteiger partial charge is 0.237 e. The summed E-state index contributed by atoms with van der Waals surface area (Å²) in [6.07, 6.45) is 6.51. The molecule has 2 N–H and O–H groups in total. The van der Waals surface area contributed by atoms with Gasteiger partial charge in [0, 0.05) is 17.3 Å². The van der Waals surface area contributed by atoms with Gasteiger partial charge in [-0.05, 0) is 67.5 Å². The van der Waals surface area contributed by atoms with Gasteiger partial charge in [0.1, 0.15) is 6.33 Å². The van der Waals surface area contributed by atoms with Gasteiger partial charge in [-0.25, -0.2) is 4.98 Å². The third kappa shape index (κ3) is 3.29. The van der Waals surface area contributed by atoms with Gasteiger partial charge >= 0.3 is 0 Å². The molecule has 144 valence electrons. The minimum atomic E-state index is -0.0772. The quantitative estimate of drug-likeness (QED) is 0.707. The standard InChI is InChI=1S/C22H23ClN4O/c23-17-11-16(27-14-26-18-3-1-2-4-20(18)27)6-5-15(17)13-25-21(28)19-12-22(7-8-22)9-10-24-19/h1-6,11,14,19,24H,7-10,12-13H2,(H,25,28). The molecular weight excluding hydrogens is 372 g/mol. The number of halogens is 1. The van der Waals surface area contributed by atoms with Gasteiger partial charge in [0.05, 0.1) is 17.1 Å². The van der Waals surface area contributed by atoms with E-state index in [4.69, 9.17) is 11.6 Å². The molecule has 1 saturated carbocycles. The van der Waals surface area contributed by atoms with Crippen molar-refractivity contribution in [2.45, 2.75) is 38.3 Å². The van der Waals surface area contributed by atoms with Crippen molar-refractivity contribution in [1.29, 1.82) is 0 Å². The molecule has 2 aromatic carbocycles. The van der Waals surface area contributed by atoms with E-state index in [9.17, 15) is 4.79 Å². The Hall–Kier alpha value is -2.37. The second-order valence-corrected chi connectivity index (χ2v) is 8.46. The van der Waals surface area contributed by atoms with Gasteiger partial charge < -0.3 is 10.6 Å². The summed E-state index contributed by atoms with van der Waals surface area (Å²) in [5.41, 5.74) is 4.30. The lowest BCUT2D eigenvalue weighted by atomic mass is 9.89. The number of hydrogen-bond acceptors (Lipinski definition) is 3. The zero-order valence-corrected chi connectivity index (χ0v) is 16.4. The van der Waals surface area contributed by atoms with Crippen LogP contribution in [-0.2, 0) is 11.3 Å². The monoisotopic (exact) mass is 394 g/mol. The summed E-state index contributed by atoms with van der Waals surface area (Å²) >= 11 is 6.52. The first-order valence-corrected chi connectivity index (χ1v) is 10.2. The van der Waals surface area contributed by atoms with E-state index in [1.54, 1.807) is 6.33 Å². The van der Waals surface area contributed by atoms with Crippen molar-refractivity contribution in [3.63, 3.8) is 0 Å². The molecule has 1 aliphatic carbocycles. The fourth-order valence-corrected chi connectivity index (χ4v) is 4.48. The third-order valence-electron chi connectivity index (χ3n) is 6.18. The van der Waals surface area contributed by atoms with Crippen LogP contribution in [0.3, 0.4) is 0 Å². The summed E-state index contributed by atoms with van der Waals surface area (Å²) in [7, 11) is 0. The fourth-order valence-electron chi connectivity index (χ4n) is 4.24. The average Bonchev–Trinajstić information content (AvgIpc) is 3.31. The van der Waals surface area contributed by atoms with Crippen LogP contribution in [0.1, 0.15) is 31.2 Å². The van der Waals surface area contributed by atoms with E-state index in [1.165, 1.54) is 19.3 Å². The van der Waals surface area contributed by atoms with Gasteiger partial charge in [-0.1, -0.05) is 29.8 Å². The zero-order valence-electron chi connectivity index (χ0n) is 15.6. The predicted molar refractivity (Wildman–Crippen MR) is 111 cm³/mol. The number of imidazole rings is 1. The lowest BCUT2D eigenvalue weighted by Crippen LogP contribution is -2.49. The molecule has 1 aliphatic heterocycles. The van der Waals surface area contributed by atoms with Gasteiger partial charge in [-0.3, -0.25) is 9.36 Å². The topological polar surface area (TPSA) is 59.0 Å². The molecule has 2 aliphatic rings. The number of benzene rings is 2. The van der Waals surface area contributed by atoms with E-state index in [1.807, 2.05) is 47.0 Å². The van der Waals surface area contributed by atoms with Crippen LogP contribution >= 0.6 is 11.6 Å². The Bertz CT molecular complexity index is 1040. The van der Waals surface area contributed by atoms with Crippen LogP contribution in [0, 0.1) is 5.41 Å². The third-order valence-corrected chi connectivity index (χ3v) is 6.53. The summed E-state index contributed by atoms with van der Waals surface area (Å²) in [4.78, 5) is 17.0. The molecule has 1 aromatic heterocycles. The number of amides is 1. The first-order chi connectivity index (χ1) is 13.6. The molecule has 2 heterocycles. The second-order valence-electron chi connectivity index (χ2n) is 8.06. The first kappa shape index (κ1) is 17.7. The normalized spacial score (nSPS) is 20.4. The van der Waals surface area contributed by atoms with Crippen molar-refractivity contribution in [3.8, 4) is 5.69 Å². The van der Waals surface area contributed by atoms with Crippen LogP contribution in [0.4, 0.5) is 0 Å². The van der Waals surface area contributed by atoms with Crippen LogP contribution < -0.4 is 10.6 Å². The lowest BCUT2D eigenvalue weighted by molar-refractivity contribution is -0.124. The molecule has 5 rings (SSSR count). The van der Waals surface area contributed by atoms with E-state index in [0.29, 0.717) is 17.0 Å². The van der Waals surface area contributed by atoms with Crippen LogP contribution in [-0.4, -0.2) is 28.0 Å². The average molecular weight is 395 g/mol. The summed E-state index contributed by atoms with van der Waals surface area (Å²) in [6.45, 7) is 1.38. The maximum atomic E-state index is 12.6. The Morgan fingerprint density at radius 3 is 2.93 bits per heavy atom. The van der Waals surface area contributed by atoms with E-state index in [2.05, 4.69) is 15.6 Å². The summed E-state index contributed by atoms with van der Waals surface area (Å²) in [5, 5.41) is 7.05. The molecule has 0 bridgehead atoms. The molecule has 1 saturated heterocycles. The Morgan fingerprint density at radius 2 is 2.11 bits per heavy atom. The number of nitrogens with one attached hydrogen (secondary N) is 2. The maximum absolute atomic E-state index is 12.6. The van der Waals surface area contributed by atoms with Crippen LogP contribution in [0.25, 0.3) is 16.7 Å². The molecule has 5 nitrogen and oxygen atoms in total. The van der Waals surface area contributed by atoms with Gasteiger partial charge in [0.2, 0.25) is 5.91 Å². The van der Waals surface area contributed by atoms with E-state index >= 15 is 0 Å². The SMILES string of the molecule is O=C(NCc1ccc(-n2cnc3ccccc32)cc1Cl)C1CC2(CCN1)CC2. The first-order valence-electron chi connectivity index (χ1n) is 9.86. The van der Waals surface area contributed by atoms with Crippen LogP contribution in [0.5, 0.6) is 0 Å². The molecule has 2 fully saturated rings. The molecule has 0 radical (unpaired) electrons. The molecule has 28 heavy (non-hydrogen) atoms. The van der Waals surface area contributed by atoms with E-state index in [0.717, 1.165) is 35.2 Å². The second kappa shape index (κ2) is 6.90. The van der Waals surface area contributed by atoms with Crippen molar-refractivity contribution in [2.75, 3.05) is 6.54 Å². The predicted octanol–water partition coefficient (Wildman–Crippen LogP) is 3.83. The lowest BCUT2D eigenvalue weighted by Gasteiger charge is -2.29. The van der Waals surface area contributed by atoms with Crippen molar-refractivity contribution >= 4 is 28.5 Å². The molecule has 1 spiro atoms. The Labute approximate surface area is 169 Å². The Morgan fingerprint density at radius 1 is 1.25 bits per heavy atom. The number of aromatic nitrogens is 2. The highest BCUT2D eigenvalue weighted by Gasteiger charge is 2.47. The molecule has 1 amide bonds. The number of nitrogens with zero attached hydrogens (tertiary/aromatic N) is 2. The molecule has 1 atom stereocenters. The van der Waals surface area contributed by atoms with Gasteiger partial charge in [0.25, 0.3) is 0 Å². The van der Waals surface area contributed by atoms with Crippen LogP contribution in [0.15, 0.2) is 48.8 Å². The number of piperidine rings is 1. The highest BCUT2D eigenvalue weighted by Crippen LogP contribution is 2.53. The fraction of sp³-hybridized carbons (Fsp3) is 0.364. The number of para-hydroxylation sites is 2. The molecule has 6 heteroatoms. The van der Waals surface area contributed by atoms with Crippen molar-refractivity contribution in [1.82, 2.24) is 20.2 Å². The number of rotatable bonds is 4. The van der Waals surface area contributed by atoms with E-state index in [-0.39, 0.29) is 11.9 Å².